The van der Waals surface area contributed by atoms with Crippen molar-refractivity contribution < 1.29 is 4.79 Å². The number of nitrogens with zero attached hydrogens (tertiary/aromatic N) is 1. The monoisotopic (exact) mass is 286 g/mol. The van der Waals surface area contributed by atoms with Gasteiger partial charge in [0.2, 0.25) is 5.91 Å². The maximum atomic E-state index is 12.6. The van der Waals surface area contributed by atoms with Crippen LogP contribution in [0.3, 0.4) is 0 Å². The van der Waals surface area contributed by atoms with Crippen LogP contribution in [0.1, 0.15) is 49.7 Å². The molecule has 1 saturated carbocycles. The topological polar surface area (TPSA) is 46.3 Å². The highest BCUT2D eigenvalue weighted by atomic mass is 16.2. The number of hydrogen-bond donors (Lipinski definition) is 1. The molecular formula is C18H26N2O. The first-order valence-electron chi connectivity index (χ1n) is 8.35. The smallest absolute Gasteiger partial charge is 0.239 e. The maximum absolute atomic E-state index is 12.6. The number of carbonyl (C=O) groups is 1. The summed E-state index contributed by atoms with van der Waals surface area (Å²) >= 11 is 0. The van der Waals surface area contributed by atoms with Gasteiger partial charge in [-0.15, -0.1) is 0 Å². The van der Waals surface area contributed by atoms with Crippen molar-refractivity contribution in [3.8, 4) is 0 Å². The summed E-state index contributed by atoms with van der Waals surface area (Å²) < 4.78 is 0. The molecule has 21 heavy (non-hydrogen) atoms. The van der Waals surface area contributed by atoms with Gasteiger partial charge in [0, 0.05) is 13.1 Å². The fourth-order valence-corrected chi connectivity index (χ4v) is 3.80. The quantitative estimate of drug-likeness (QED) is 0.928. The zero-order chi connectivity index (χ0) is 14.7. The van der Waals surface area contributed by atoms with E-state index >= 15 is 0 Å². The Kier molecular flexibility index (Phi) is 4.59. The van der Waals surface area contributed by atoms with Crippen LogP contribution in [0, 0.1) is 5.92 Å². The molecule has 3 rings (SSSR count). The normalized spacial score (nSPS) is 20.9. The number of amides is 1. The number of fused-ring (bicyclic) bond motifs is 1. The molecule has 0 saturated heterocycles. The third-order valence-corrected chi connectivity index (χ3v) is 5.07. The maximum Gasteiger partial charge on any atom is 0.239 e. The van der Waals surface area contributed by atoms with Crippen LogP contribution in [0.15, 0.2) is 24.3 Å². The average Bonchev–Trinajstić information content (AvgIpc) is 2.54. The Labute approximate surface area is 127 Å². The highest BCUT2D eigenvalue weighted by Gasteiger charge is 2.27. The van der Waals surface area contributed by atoms with Crippen molar-refractivity contribution in [2.45, 2.75) is 57.5 Å². The Morgan fingerprint density at radius 2 is 1.90 bits per heavy atom. The van der Waals surface area contributed by atoms with E-state index in [2.05, 4.69) is 24.3 Å². The number of rotatable bonds is 3. The van der Waals surface area contributed by atoms with Crippen LogP contribution in [0.5, 0.6) is 0 Å². The van der Waals surface area contributed by atoms with E-state index in [9.17, 15) is 4.79 Å². The molecule has 3 heteroatoms. The lowest BCUT2D eigenvalue weighted by Gasteiger charge is -2.32. The molecule has 2 aliphatic rings. The van der Waals surface area contributed by atoms with Crippen LogP contribution in [0.4, 0.5) is 0 Å². The Morgan fingerprint density at radius 3 is 2.67 bits per heavy atom. The van der Waals surface area contributed by atoms with E-state index in [0.717, 1.165) is 25.9 Å². The van der Waals surface area contributed by atoms with Gasteiger partial charge in [-0.05, 0) is 29.9 Å². The SMILES string of the molecule is NC(CC1CCCCC1)C(=O)N1CCc2ccccc2C1. The summed E-state index contributed by atoms with van der Waals surface area (Å²) in [6.07, 6.45) is 8.30. The largest absolute Gasteiger partial charge is 0.337 e. The molecule has 3 nitrogen and oxygen atoms in total. The third-order valence-electron chi connectivity index (χ3n) is 5.07. The molecule has 2 N–H and O–H groups in total. The van der Waals surface area contributed by atoms with E-state index in [1.807, 2.05) is 4.90 Å². The van der Waals surface area contributed by atoms with E-state index in [1.165, 1.54) is 43.2 Å². The molecule has 1 aromatic carbocycles. The van der Waals surface area contributed by atoms with Crippen molar-refractivity contribution in [1.82, 2.24) is 4.90 Å². The van der Waals surface area contributed by atoms with E-state index in [0.29, 0.717) is 5.92 Å². The summed E-state index contributed by atoms with van der Waals surface area (Å²) in [6, 6.07) is 8.11. The number of nitrogens with two attached hydrogens (primary N) is 1. The lowest BCUT2D eigenvalue weighted by Crippen LogP contribution is -2.46. The van der Waals surface area contributed by atoms with Crippen molar-refractivity contribution in [2.75, 3.05) is 6.54 Å². The van der Waals surface area contributed by atoms with Crippen LogP contribution < -0.4 is 5.73 Å². The van der Waals surface area contributed by atoms with Crippen LogP contribution in [-0.2, 0) is 17.8 Å². The minimum Gasteiger partial charge on any atom is -0.337 e. The summed E-state index contributed by atoms with van der Waals surface area (Å²) in [5.74, 6) is 0.810. The molecule has 0 bridgehead atoms. The molecule has 114 valence electrons. The summed E-state index contributed by atoms with van der Waals surface area (Å²) in [7, 11) is 0. The van der Waals surface area contributed by atoms with Gasteiger partial charge in [-0.2, -0.15) is 0 Å². The number of hydrogen-bond acceptors (Lipinski definition) is 2. The van der Waals surface area contributed by atoms with Crippen molar-refractivity contribution in [1.29, 1.82) is 0 Å². The molecular weight excluding hydrogens is 260 g/mol. The van der Waals surface area contributed by atoms with Crippen LogP contribution >= 0.6 is 0 Å². The molecule has 1 aromatic rings. The van der Waals surface area contributed by atoms with Gasteiger partial charge in [0.15, 0.2) is 0 Å². The van der Waals surface area contributed by atoms with Gasteiger partial charge in [-0.1, -0.05) is 56.4 Å². The number of benzene rings is 1. The van der Waals surface area contributed by atoms with Gasteiger partial charge in [0.25, 0.3) is 0 Å². The van der Waals surface area contributed by atoms with Gasteiger partial charge in [-0.3, -0.25) is 4.79 Å². The predicted octanol–water partition coefficient (Wildman–Crippen LogP) is 2.87. The Hall–Kier alpha value is -1.35. The van der Waals surface area contributed by atoms with Crippen LogP contribution in [0.2, 0.25) is 0 Å². The summed E-state index contributed by atoms with van der Waals surface area (Å²) in [6.45, 7) is 1.54. The molecule has 1 heterocycles. The van der Waals surface area contributed by atoms with E-state index < -0.39 is 0 Å². The Bertz CT molecular complexity index is 494. The van der Waals surface area contributed by atoms with Crippen molar-refractivity contribution >= 4 is 5.91 Å². The Morgan fingerprint density at radius 1 is 1.19 bits per heavy atom. The molecule has 0 radical (unpaired) electrons. The molecule has 1 fully saturated rings. The number of carbonyl (C=O) groups excluding carboxylic acids is 1. The zero-order valence-corrected chi connectivity index (χ0v) is 12.8. The summed E-state index contributed by atoms with van der Waals surface area (Å²) in [4.78, 5) is 14.5. The fraction of sp³-hybridized carbons (Fsp3) is 0.611. The van der Waals surface area contributed by atoms with Crippen LogP contribution in [0.25, 0.3) is 0 Å². The fourth-order valence-electron chi connectivity index (χ4n) is 3.80. The lowest BCUT2D eigenvalue weighted by atomic mass is 9.84. The summed E-state index contributed by atoms with van der Waals surface area (Å²) in [5.41, 5.74) is 8.86. The van der Waals surface area contributed by atoms with Crippen molar-refractivity contribution in [2.24, 2.45) is 11.7 Å². The van der Waals surface area contributed by atoms with Crippen molar-refractivity contribution in [3.05, 3.63) is 35.4 Å². The predicted molar refractivity (Wildman–Crippen MR) is 84.7 cm³/mol. The average molecular weight is 286 g/mol. The Balaban J connectivity index is 1.58. The second-order valence-corrected chi connectivity index (χ2v) is 6.62. The minimum absolute atomic E-state index is 0.148. The van der Waals surface area contributed by atoms with E-state index in [-0.39, 0.29) is 11.9 Å². The first-order valence-corrected chi connectivity index (χ1v) is 8.35. The standard InChI is InChI=1S/C18H26N2O/c19-17(12-14-6-2-1-3-7-14)18(21)20-11-10-15-8-4-5-9-16(15)13-20/h4-5,8-9,14,17H,1-3,6-7,10-13,19H2. The molecule has 1 aliphatic heterocycles. The second-order valence-electron chi connectivity index (χ2n) is 6.62. The van der Waals surface area contributed by atoms with Gasteiger partial charge in [0.05, 0.1) is 6.04 Å². The molecule has 1 atom stereocenters. The van der Waals surface area contributed by atoms with Crippen molar-refractivity contribution in [3.63, 3.8) is 0 Å². The third kappa shape index (κ3) is 3.46. The van der Waals surface area contributed by atoms with E-state index in [1.54, 1.807) is 0 Å². The molecule has 0 spiro atoms. The molecule has 1 unspecified atom stereocenters. The second kappa shape index (κ2) is 6.61. The van der Waals surface area contributed by atoms with Gasteiger partial charge < -0.3 is 10.6 Å². The van der Waals surface area contributed by atoms with Gasteiger partial charge in [0.1, 0.15) is 0 Å². The molecule has 0 aromatic heterocycles. The molecule has 1 aliphatic carbocycles. The van der Waals surface area contributed by atoms with Gasteiger partial charge >= 0.3 is 0 Å². The summed E-state index contributed by atoms with van der Waals surface area (Å²) in [5, 5.41) is 0. The van der Waals surface area contributed by atoms with Crippen LogP contribution in [-0.4, -0.2) is 23.4 Å². The first-order chi connectivity index (χ1) is 10.2. The van der Waals surface area contributed by atoms with E-state index in [4.69, 9.17) is 5.73 Å². The first kappa shape index (κ1) is 14.6. The minimum atomic E-state index is -0.307. The highest BCUT2D eigenvalue weighted by Crippen LogP contribution is 2.28. The highest BCUT2D eigenvalue weighted by molar-refractivity contribution is 5.81. The molecule has 1 amide bonds. The van der Waals surface area contributed by atoms with Gasteiger partial charge in [-0.25, -0.2) is 0 Å². The zero-order valence-electron chi connectivity index (χ0n) is 12.8. The lowest BCUT2D eigenvalue weighted by molar-refractivity contribution is -0.134.